The van der Waals surface area contributed by atoms with E-state index in [1.807, 2.05) is 25.1 Å². The van der Waals surface area contributed by atoms with Crippen molar-refractivity contribution in [2.24, 2.45) is 0 Å². The molecule has 2 heterocycles. The number of amides is 2. The third-order valence-electron chi connectivity index (χ3n) is 2.37. The van der Waals surface area contributed by atoms with Crippen LogP contribution in [0.5, 0.6) is 0 Å². The number of carbonyl (C=O) groups is 1. The van der Waals surface area contributed by atoms with Crippen LogP contribution in [0.3, 0.4) is 0 Å². The summed E-state index contributed by atoms with van der Waals surface area (Å²) in [5.41, 5.74) is 1.49. The number of anilines is 1. The molecule has 18 heavy (non-hydrogen) atoms. The molecule has 0 saturated carbocycles. The molecule has 2 amide bonds. The minimum atomic E-state index is -0.267. The zero-order valence-electron chi connectivity index (χ0n) is 10.1. The molecule has 0 aliphatic rings. The van der Waals surface area contributed by atoms with Gasteiger partial charge in [-0.25, -0.2) is 4.79 Å². The van der Waals surface area contributed by atoms with E-state index >= 15 is 0 Å². The van der Waals surface area contributed by atoms with E-state index in [4.69, 9.17) is 0 Å². The van der Waals surface area contributed by atoms with Gasteiger partial charge in [0.05, 0.1) is 24.1 Å². The van der Waals surface area contributed by atoms with Crippen molar-refractivity contribution in [1.82, 2.24) is 20.1 Å². The summed E-state index contributed by atoms with van der Waals surface area (Å²) in [5, 5.41) is 9.50. The van der Waals surface area contributed by atoms with E-state index in [-0.39, 0.29) is 6.03 Å². The number of urea groups is 1. The van der Waals surface area contributed by atoms with E-state index in [1.54, 1.807) is 23.3 Å². The lowest BCUT2D eigenvalue weighted by Gasteiger charge is -2.05. The second-order valence-corrected chi connectivity index (χ2v) is 3.71. The Morgan fingerprint density at radius 3 is 3.00 bits per heavy atom. The Morgan fingerprint density at radius 1 is 1.44 bits per heavy atom. The second-order valence-electron chi connectivity index (χ2n) is 3.71. The number of pyridine rings is 1. The largest absolute Gasteiger partial charge is 0.332 e. The molecule has 0 bridgehead atoms. The van der Waals surface area contributed by atoms with Crippen LogP contribution in [-0.2, 0) is 13.1 Å². The second kappa shape index (κ2) is 5.81. The van der Waals surface area contributed by atoms with Crippen LogP contribution >= 0.6 is 0 Å². The van der Waals surface area contributed by atoms with Crippen LogP contribution in [0.2, 0.25) is 0 Å². The molecule has 0 aromatic carbocycles. The molecule has 0 aliphatic carbocycles. The fourth-order valence-corrected chi connectivity index (χ4v) is 1.45. The number of nitrogens with zero attached hydrogens (tertiary/aromatic N) is 3. The SMILES string of the molecule is CCn1cc(NC(=O)NCc2ccccn2)cn1. The summed E-state index contributed by atoms with van der Waals surface area (Å²) in [6.45, 7) is 3.16. The van der Waals surface area contributed by atoms with Crippen LogP contribution in [0.4, 0.5) is 10.5 Å². The number of nitrogens with one attached hydrogen (secondary N) is 2. The van der Waals surface area contributed by atoms with E-state index in [9.17, 15) is 4.79 Å². The Hall–Kier alpha value is -2.37. The van der Waals surface area contributed by atoms with E-state index < -0.39 is 0 Å². The number of hydrogen-bond acceptors (Lipinski definition) is 3. The molecule has 0 aliphatic heterocycles. The fourth-order valence-electron chi connectivity index (χ4n) is 1.45. The maximum atomic E-state index is 11.6. The highest BCUT2D eigenvalue weighted by atomic mass is 16.2. The first-order valence-corrected chi connectivity index (χ1v) is 5.75. The van der Waals surface area contributed by atoms with E-state index in [0.29, 0.717) is 12.2 Å². The first kappa shape index (κ1) is 12.1. The van der Waals surface area contributed by atoms with Crippen molar-refractivity contribution >= 4 is 11.7 Å². The van der Waals surface area contributed by atoms with Gasteiger partial charge in [0, 0.05) is 18.9 Å². The molecule has 94 valence electrons. The number of aryl methyl sites for hydroxylation is 1. The van der Waals surface area contributed by atoms with Crippen molar-refractivity contribution in [3.05, 3.63) is 42.5 Å². The molecular formula is C12H15N5O. The topological polar surface area (TPSA) is 71.8 Å². The quantitative estimate of drug-likeness (QED) is 0.859. The number of carbonyl (C=O) groups excluding carboxylic acids is 1. The Bertz CT molecular complexity index is 508. The first-order valence-electron chi connectivity index (χ1n) is 5.75. The molecule has 0 fully saturated rings. The average Bonchev–Trinajstić information content (AvgIpc) is 2.85. The summed E-state index contributed by atoms with van der Waals surface area (Å²) in [7, 11) is 0. The highest BCUT2D eigenvalue weighted by Gasteiger charge is 2.03. The van der Waals surface area contributed by atoms with Crippen molar-refractivity contribution in [3.8, 4) is 0 Å². The Morgan fingerprint density at radius 2 is 2.33 bits per heavy atom. The number of aromatic nitrogens is 3. The normalized spacial score (nSPS) is 10.1. The van der Waals surface area contributed by atoms with Gasteiger partial charge >= 0.3 is 6.03 Å². The molecule has 6 heteroatoms. The van der Waals surface area contributed by atoms with Crippen LogP contribution in [-0.4, -0.2) is 20.8 Å². The van der Waals surface area contributed by atoms with Crippen molar-refractivity contribution < 1.29 is 4.79 Å². The summed E-state index contributed by atoms with van der Waals surface area (Å²) >= 11 is 0. The summed E-state index contributed by atoms with van der Waals surface area (Å²) in [5.74, 6) is 0. The van der Waals surface area contributed by atoms with Gasteiger partial charge in [0.2, 0.25) is 0 Å². The third kappa shape index (κ3) is 3.31. The Labute approximate surface area is 105 Å². The molecule has 0 unspecified atom stereocenters. The fraction of sp³-hybridized carbons (Fsp3) is 0.250. The standard InChI is InChI=1S/C12H15N5O/c1-2-17-9-11(8-15-17)16-12(18)14-7-10-5-3-4-6-13-10/h3-6,8-9H,2,7H2,1H3,(H2,14,16,18). The third-order valence-corrected chi connectivity index (χ3v) is 2.37. The molecule has 0 spiro atoms. The van der Waals surface area contributed by atoms with Crippen molar-refractivity contribution in [2.45, 2.75) is 20.0 Å². The van der Waals surface area contributed by atoms with E-state index in [2.05, 4.69) is 20.7 Å². The summed E-state index contributed by atoms with van der Waals surface area (Å²) in [4.78, 5) is 15.7. The first-order chi connectivity index (χ1) is 8.78. The van der Waals surface area contributed by atoms with Gasteiger partial charge in [0.15, 0.2) is 0 Å². The molecule has 0 saturated heterocycles. The maximum absolute atomic E-state index is 11.6. The van der Waals surface area contributed by atoms with Crippen LogP contribution in [0, 0.1) is 0 Å². The van der Waals surface area contributed by atoms with Crippen LogP contribution < -0.4 is 10.6 Å². The van der Waals surface area contributed by atoms with Crippen molar-refractivity contribution in [2.75, 3.05) is 5.32 Å². The summed E-state index contributed by atoms with van der Waals surface area (Å²) in [6, 6.07) is 5.31. The van der Waals surface area contributed by atoms with Crippen molar-refractivity contribution in [1.29, 1.82) is 0 Å². The highest BCUT2D eigenvalue weighted by Crippen LogP contribution is 2.04. The lowest BCUT2D eigenvalue weighted by atomic mass is 10.3. The predicted molar refractivity (Wildman–Crippen MR) is 68.0 cm³/mol. The minimum Gasteiger partial charge on any atom is -0.332 e. The highest BCUT2D eigenvalue weighted by molar-refractivity contribution is 5.88. The molecule has 0 radical (unpaired) electrons. The van der Waals surface area contributed by atoms with Gasteiger partial charge in [-0.2, -0.15) is 5.10 Å². The van der Waals surface area contributed by atoms with Gasteiger partial charge in [0.1, 0.15) is 0 Å². The number of rotatable bonds is 4. The average molecular weight is 245 g/mol. The molecule has 2 rings (SSSR count). The molecule has 2 N–H and O–H groups in total. The molecule has 0 atom stereocenters. The lowest BCUT2D eigenvalue weighted by Crippen LogP contribution is -2.28. The van der Waals surface area contributed by atoms with E-state index in [1.165, 1.54) is 0 Å². The summed E-state index contributed by atoms with van der Waals surface area (Å²) in [6.07, 6.45) is 5.09. The predicted octanol–water partition coefficient (Wildman–Crippen LogP) is 1.62. The lowest BCUT2D eigenvalue weighted by molar-refractivity contribution is 0.251. The van der Waals surface area contributed by atoms with Gasteiger partial charge in [-0.1, -0.05) is 6.07 Å². The number of hydrogen-bond donors (Lipinski definition) is 2. The zero-order chi connectivity index (χ0) is 12.8. The van der Waals surface area contributed by atoms with Crippen LogP contribution in [0.15, 0.2) is 36.8 Å². The van der Waals surface area contributed by atoms with Crippen molar-refractivity contribution in [3.63, 3.8) is 0 Å². The minimum absolute atomic E-state index is 0.267. The Kier molecular flexibility index (Phi) is 3.90. The van der Waals surface area contributed by atoms with E-state index in [0.717, 1.165) is 12.2 Å². The molecule has 2 aromatic rings. The van der Waals surface area contributed by atoms with Gasteiger partial charge in [-0.15, -0.1) is 0 Å². The molecule has 2 aromatic heterocycles. The molecular weight excluding hydrogens is 230 g/mol. The summed E-state index contributed by atoms with van der Waals surface area (Å²) < 4.78 is 1.74. The van der Waals surface area contributed by atoms with Crippen LogP contribution in [0.25, 0.3) is 0 Å². The Balaban J connectivity index is 1.82. The van der Waals surface area contributed by atoms with Gasteiger partial charge in [-0.3, -0.25) is 9.67 Å². The van der Waals surface area contributed by atoms with Gasteiger partial charge in [-0.05, 0) is 19.1 Å². The molecule has 6 nitrogen and oxygen atoms in total. The maximum Gasteiger partial charge on any atom is 0.319 e. The smallest absolute Gasteiger partial charge is 0.319 e. The van der Waals surface area contributed by atoms with Gasteiger partial charge < -0.3 is 10.6 Å². The zero-order valence-corrected chi connectivity index (χ0v) is 10.1. The van der Waals surface area contributed by atoms with Gasteiger partial charge in [0.25, 0.3) is 0 Å². The van der Waals surface area contributed by atoms with Crippen LogP contribution in [0.1, 0.15) is 12.6 Å². The monoisotopic (exact) mass is 245 g/mol.